The number of thiophene rings is 1. The maximum absolute atomic E-state index is 13.7. The molecular weight excluding hydrogens is 514 g/mol. The molecule has 0 aliphatic rings. The molecule has 1 N–H and O–H groups in total. The Morgan fingerprint density at radius 1 is 0.897 bits per heavy atom. The summed E-state index contributed by atoms with van der Waals surface area (Å²) in [6.07, 6.45) is 0.628. The van der Waals surface area contributed by atoms with Crippen LogP contribution in [0.3, 0.4) is 0 Å². The highest BCUT2D eigenvalue weighted by Crippen LogP contribution is 2.28. The molecule has 0 radical (unpaired) electrons. The van der Waals surface area contributed by atoms with Gasteiger partial charge in [0.15, 0.2) is 11.5 Å². The lowest BCUT2D eigenvalue weighted by Crippen LogP contribution is -2.46. The molecule has 0 fully saturated rings. The molecule has 0 bridgehead atoms. The molecule has 1 heterocycles. The number of carbonyl (C=O) groups excluding carboxylic acids is 2. The van der Waals surface area contributed by atoms with Crippen LogP contribution in [0.15, 0.2) is 48.5 Å². The number of benzene rings is 2. The second-order valence-electron chi connectivity index (χ2n) is 9.36. The van der Waals surface area contributed by atoms with Gasteiger partial charge in [-0.3, -0.25) is 4.79 Å². The number of hydrogen-bond donors (Lipinski definition) is 1. The maximum atomic E-state index is 13.7. The summed E-state index contributed by atoms with van der Waals surface area (Å²) in [5, 5.41) is 2.98. The summed E-state index contributed by atoms with van der Waals surface area (Å²) in [7, 11) is 4.79. The largest absolute Gasteiger partial charge is 0.493 e. The first-order valence-corrected chi connectivity index (χ1v) is 13.7. The van der Waals surface area contributed by atoms with Crippen molar-refractivity contribution < 1.29 is 23.8 Å². The highest BCUT2D eigenvalue weighted by molar-refractivity contribution is 7.11. The first kappa shape index (κ1) is 30.0. The van der Waals surface area contributed by atoms with Gasteiger partial charge in [-0.1, -0.05) is 18.2 Å². The lowest BCUT2D eigenvalue weighted by Gasteiger charge is -2.28. The van der Waals surface area contributed by atoms with E-state index in [0.717, 1.165) is 27.3 Å². The molecule has 210 valence electrons. The molecule has 9 heteroatoms. The molecule has 8 nitrogen and oxygen atoms in total. The van der Waals surface area contributed by atoms with Crippen LogP contribution in [0.2, 0.25) is 0 Å². The van der Waals surface area contributed by atoms with Gasteiger partial charge in [-0.05, 0) is 74.2 Å². The van der Waals surface area contributed by atoms with Crippen LogP contribution in [-0.4, -0.2) is 69.3 Å². The molecule has 3 amide bonds. The lowest BCUT2D eigenvalue weighted by molar-refractivity contribution is -0.132. The van der Waals surface area contributed by atoms with E-state index < -0.39 is 0 Å². The zero-order chi connectivity index (χ0) is 28.4. The minimum absolute atomic E-state index is 0.0592. The number of hydrogen-bond acceptors (Lipinski definition) is 6. The Hall–Kier alpha value is -3.56. The molecule has 0 aliphatic carbocycles. The average Bonchev–Trinajstić information content (AvgIpc) is 3.35. The van der Waals surface area contributed by atoms with Crippen molar-refractivity contribution in [3.63, 3.8) is 0 Å². The third kappa shape index (κ3) is 8.46. The molecule has 1 aromatic heterocycles. The van der Waals surface area contributed by atoms with Gasteiger partial charge in [0.1, 0.15) is 6.54 Å². The molecule has 39 heavy (non-hydrogen) atoms. The lowest BCUT2D eigenvalue weighted by atomic mass is 10.1. The fraction of sp³-hybridized carbons (Fsp3) is 0.400. The predicted molar refractivity (Wildman–Crippen MR) is 156 cm³/mol. The second kappa shape index (κ2) is 14.6. The molecule has 0 saturated heterocycles. The molecule has 0 spiro atoms. The van der Waals surface area contributed by atoms with E-state index >= 15 is 0 Å². The zero-order valence-electron chi connectivity index (χ0n) is 23.7. The maximum Gasteiger partial charge on any atom is 0.322 e. The fourth-order valence-corrected chi connectivity index (χ4v) is 5.05. The first-order valence-electron chi connectivity index (χ1n) is 12.9. The van der Waals surface area contributed by atoms with E-state index in [-0.39, 0.29) is 18.5 Å². The Labute approximate surface area is 235 Å². The van der Waals surface area contributed by atoms with Crippen LogP contribution in [-0.2, 0) is 22.5 Å². The number of ether oxygens (including phenoxy) is 3. The summed E-state index contributed by atoms with van der Waals surface area (Å²) in [5.41, 5.74) is 3.83. The van der Waals surface area contributed by atoms with Crippen molar-refractivity contribution in [2.75, 3.05) is 52.9 Å². The van der Waals surface area contributed by atoms with Crippen molar-refractivity contribution in [3.05, 3.63) is 75.0 Å². The minimum Gasteiger partial charge on any atom is -0.493 e. The van der Waals surface area contributed by atoms with Crippen molar-refractivity contribution in [1.29, 1.82) is 0 Å². The number of nitrogens with one attached hydrogen (secondary N) is 1. The van der Waals surface area contributed by atoms with E-state index in [4.69, 9.17) is 14.2 Å². The molecule has 3 rings (SSSR count). The standard InChI is InChI=1S/C30H39N3O5S/c1-21-8-7-9-26(23(21)3)31-30(35)33(16-17-36-4)20-29(34)32(19-25-12-10-22(2)39-25)15-14-24-11-13-27(37-5)28(18-24)38-6/h7-13,18H,14-17,19-20H2,1-6H3,(H,31,35). The second-order valence-corrected chi connectivity index (χ2v) is 10.7. The SMILES string of the molecule is COCCN(CC(=O)N(CCc1ccc(OC)c(OC)c1)Cc1ccc(C)s1)C(=O)Nc1cccc(C)c1C. The van der Waals surface area contributed by atoms with Crippen LogP contribution in [0.4, 0.5) is 10.5 Å². The Morgan fingerprint density at radius 2 is 1.67 bits per heavy atom. The number of anilines is 1. The van der Waals surface area contributed by atoms with E-state index in [9.17, 15) is 9.59 Å². The van der Waals surface area contributed by atoms with E-state index in [2.05, 4.69) is 11.4 Å². The number of aryl methyl sites for hydroxylation is 2. The summed E-state index contributed by atoms with van der Waals surface area (Å²) >= 11 is 1.67. The van der Waals surface area contributed by atoms with Crippen LogP contribution in [0.5, 0.6) is 11.5 Å². The Balaban J connectivity index is 1.77. The highest BCUT2D eigenvalue weighted by Gasteiger charge is 2.23. The summed E-state index contributed by atoms with van der Waals surface area (Å²) < 4.78 is 16.0. The van der Waals surface area contributed by atoms with Gasteiger partial charge in [0.05, 0.1) is 27.4 Å². The van der Waals surface area contributed by atoms with Gasteiger partial charge in [0.25, 0.3) is 0 Å². The van der Waals surface area contributed by atoms with Gasteiger partial charge in [-0.15, -0.1) is 11.3 Å². The zero-order valence-corrected chi connectivity index (χ0v) is 24.5. The van der Waals surface area contributed by atoms with Gasteiger partial charge in [0.2, 0.25) is 5.91 Å². The third-order valence-electron chi connectivity index (χ3n) is 6.64. The van der Waals surface area contributed by atoms with Crippen LogP contribution >= 0.6 is 11.3 Å². The normalized spacial score (nSPS) is 10.7. The van der Waals surface area contributed by atoms with Crippen molar-refractivity contribution in [2.45, 2.75) is 33.7 Å². The fourth-order valence-electron chi connectivity index (χ4n) is 4.15. The summed E-state index contributed by atoms with van der Waals surface area (Å²) in [5.74, 6) is 1.18. The molecule has 3 aromatic rings. The third-order valence-corrected chi connectivity index (χ3v) is 7.62. The monoisotopic (exact) mass is 553 g/mol. The molecule has 0 aliphatic heterocycles. The highest BCUT2D eigenvalue weighted by atomic mass is 32.1. The van der Waals surface area contributed by atoms with E-state index in [1.165, 1.54) is 9.78 Å². The molecule has 0 saturated carbocycles. The molecular formula is C30H39N3O5S. The number of nitrogens with zero attached hydrogens (tertiary/aromatic N) is 2. The van der Waals surface area contributed by atoms with Gasteiger partial charge < -0.3 is 29.3 Å². The quantitative estimate of drug-likeness (QED) is 0.305. The summed E-state index contributed by atoms with van der Waals surface area (Å²) in [4.78, 5) is 32.6. The number of amides is 3. The van der Waals surface area contributed by atoms with Crippen LogP contribution in [0.1, 0.15) is 26.4 Å². The number of urea groups is 1. The average molecular weight is 554 g/mol. The number of rotatable bonds is 13. The van der Waals surface area contributed by atoms with Crippen molar-refractivity contribution >= 4 is 29.0 Å². The van der Waals surface area contributed by atoms with Crippen LogP contribution in [0, 0.1) is 20.8 Å². The van der Waals surface area contributed by atoms with Gasteiger partial charge in [-0.25, -0.2) is 4.79 Å². The van der Waals surface area contributed by atoms with Crippen molar-refractivity contribution in [1.82, 2.24) is 9.80 Å². The molecule has 2 aromatic carbocycles. The van der Waals surface area contributed by atoms with Crippen LogP contribution in [0.25, 0.3) is 0 Å². The number of methoxy groups -OCH3 is 3. The first-order chi connectivity index (χ1) is 18.7. The van der Waals surface area contributed by atoms with Crippen molar-refractivity contribution in [3.8, 4) is 11.5 Å². The number of carbonyl (C=O) groups is 2. The van der Waals surface area contributed by atoms with Crippen LogP contribution < -0.4 is 14.8 Å². The topological polar surface area (TPSA) is 80.3 Å². The summed E-state index contributed by atoms with van der Waals surface area (Å²) in [6, 6.07) is 15.3. The van der Waals surface area contributed by atoms with E-state index in [1.54, 1.807) is 32.7 Å². The summed E-state index contributed by atoms with van der Waals surface area (Å²) in [6.45, 7) is 7.53. The van der Waals surface area contributed by atoms with E-state index in [1.807, 2.05) is 68.1 Å². The van der Waals surface area contributed by atoms with Gasteiger partial charge >= 0.3 is 6.03 Å². The van der Waals surface area contributed by atoms with Gasteiger partial charge in [-0.2, -0.15) is 0 Å². The predicted octanol–water partition coefficient (Wildman–Crippen LogP) is 5.44. The van der Waals surface area contributed by atoms with E-state index in [0.29, 0.717) is 44.2 Å². The Morgan fingerprint density at radius 3 is 2.33 bits per heavy atom. The Kier molecular flexibility index (Phi) is 11.2. The Bertz CT molecular complexity index is 1260. The molecule has 0 atom stereocenters. The minimum atomic E-state index is -0.332. The molecule has 0 unspecified atom stereocenters. The van der Waals surface area contributed by atoms with Crippen molar-refractivity contribution in [2.24, 2.45) is 0 Å². The smallest absolute Gasteiger partial charge is 0.322 e. The van der Waals surface area contributed by atoms with Gasteiger partial charge in [0, 0.05) is 35.6 Å².